The van der Waals surface area contributed by atoms with Crippen LogP contribution in [-0.2, 0) is 4.79 Å². The molecule has 2 aromatic rings. The second-order valence-electron chi connectivity index (χ2n) is 8.08. The number of nitrogens with zero attached hydrogens (tertiary/aromatic N) is 3. The summed E-state index contributed by atoms with van der Waals surface area (Å²) in [6.07, 6.45) is 10.2. The Morgan fingerprint density at radius 3 is 2.83 bits per heavy atom. The summed E-state index contributed by atoms with van der Waals surface area (Å²) in [5.41, 5.74) is 3.71. The van der Waals surface area contributed by atoms with Gasteiger partial charge in [-0.1, -0.05) is 23.4 Å². The summed E-state index contributed by atoms with van der Waals surface area (Å²) in [4.78, 5) is 33.9. The summed E-state index contributed by atoms with van der Waals surface area (Å²) < 4.78 is 2.07. The number of thioether (sulfide) groups is 1. The Labute approximate surface area is 175 Å². The van der Waals surface area contributed by atoms with Gasteiger partial charge in [-0.3, -0.25) is 9.59 Å². The lowest BCUT2D eigenvalue weighted by atomic mass is 9.97. The largest absolute Gasteiger partial charge is 0.355 e. The van der Waals surface area contributed by atoms with E-state index in [0.29, 0.717) is 28.8 Å². The van der Waals surface area contributed by atoms with E-state index < -0.39 is 0 Å². The van der Waals surface area contributed by atoms with Crippen LogP contribution in [0.25, 0.3) is 11.0 Å². The lowest BCUT2D eigenvalue weighted by Crippen LogP contribution is -2.27. The van der Waals surface area contributed by atoms with Crippen LogP contribution < -0.4 is 10.9 Å². The van der Waals surface area contributed by atoms with Gasteiger partial charge >= 0.3 is 0 Å². The van der Waals surface area contributed by atoms with Gasteiger partial charge in [0, 0.05) is 18.3 Å². The monoisotopic (exact) mass is 412 g/mol. The fourth-order valence-corrected chi connectivity index (χ4v) is 4.87. The van der Waals surface area contributed by atoms with Crippen LogP contribution in [0, 0.1) is 13.8 Å². The summed E-state index contributed by atoms with van der Waals surface area (Å²) in [6.45, 7) is 4.54. The molecule has 0 aliphatic heterocycles. The zero-order valence-corrected chi connectivity index (χ0v) is 18.0. The van der Waals surface area contributed by atoms with Crippen LogP contribution in [0.3, 0.4) is 0 Å². The van der Waals surface area contributed by atoms with Gasteiger partial charge in [-0.25, -0.2) is 4.98 Å². The van der Waals surface area contributed by atoms with Gasteiger partial charge in [0.1, 0.15) is 5.65 Å². The lowest BCUT2D eigenvalue weighted by Gasteiger charge is -2.15. The molecule has 1 fully saturated rings. The van der Waals surface area contributed by atoms with Gasteiger partial charge in [0.05, 0.1) is 11.1 Å². The summed E-state index contributed by atoms with van der Waals surface area (Å²) in [6, 6.07) is 2.24. The van der Waals surface area contributed by atoms with Crippen LogP contribution in [0.15, 0.2) is 27.7 Å². The van der Waals surface area contributed by atoms with Gasteiger partial charge in [0.15, 0.2) is 5.16 Å². The van der Waals surface area contributed by atoms with Crippen molar-refractivity contribution in [3.05, 3.63) is 39.3 Å². The minimum Gasteiger partial charge on any atom is -0.355 e. The first kappa shape index (κ1) is 20.1. The highest BCUT2D eigenvalue weighted by molar-refractivity contribution is 7.99. The molecule has 4 rings (SSSR count). The number of amides is 1. The molecule has 0 bridgehead atoms. The van der Waals surface area contributed by atoms with Crippen LogP contribution in [0.5, 0.6) is 0 Å². The number of carbonyl (C=O) groups excluding carboxylic acids is 1. The molecule has 154 valence electrons. The van der Waals surface area contributed by atoms with E-state index in [1.54, 1.807) is 0 Å². The van der Waals surface area contributed by atoms with E-state index in [1.807, 2.05) is 19.9 Å². The summed E-state index contributed by atoms with van der Waals surface area (Å²) in [7, 11) is 0. The third kappa shape index (κ3) is 4.71. The zero-order valence-electron chi connectivity index (χ0n) is 17.2. The number of aromatic nitrogens is 3. The molecule has 0 spiro atoms. The molecule has 1 amide bonds. The first-order chi connectivity index (χ1) is 14.0. The highest BCUT2D eigenvalue weighted by atomic mass is 32.2. The maximum Gasteiger partial charge on any atom is 0.283 e. The number of pyridine rings is 1. The number of nitrogens with one attached hydrogen (secondary N) is 1. The van der Waals surface area contributed by atoms with Crippen LogP contribution in [0.1, 0.15) is 62.2 Å². The van der Waals surface area contributed by atoms with Crippen molar-refractivity contribution in [3.8, 4) is 0 Å². The maximum absolute atomic E-state index is 12.6. The second-order valence-corrected chi connectivity index (χ2v) is 9.02. The van der Waals surface area contributed by atoms with Crippen LogP contribution in [0.2, 0.25) is 0 Å². The van der Waals surface area contributed by atoms with Crippen molar-refractivity contribution in [3.63, 3.8) is 0 Å². The molecule has 29 heavy (non-hydrogen) atoms. The maximum atomic E-state index is 12.6. The molecule has 0 radical (unpaired) electrons. The average Bonchev–Trinajstić information content (AvgIpc) is 3.51. The van der Waals surface area contributed by atoms with E-state index in [4.69, 9.17) is 0 Å². The van der Waals surface area contributed by atoms with Crippen LogP contribution >= 0.6 is 11.8 Å². The minimum atomic E-state index is -0.256. The smallest absolute Gasteiger partial charge is 0.283 e. The van der Waals surface area contributed by atoms with Crippen LogP contribution in [0.4, 0.5) is 0 Å². The molecule has 6 nitrogen and oxygen atoms in total. The Morgan fingerprint density at radius 1 is 1.28 bits per heavy atom. The topological polar surface area (TPSA) is 76.9 Å². The number of fused-ring (bicyclic) bond motifs is 1. The average molecular weight is 413 g/mol. The molecule has 7 heteroatoms. The van der Waals surface area contributed by atoms with Gasteiger partial charge in [-0.05, 0) is 70.4 Å². The quantitative estimate of drug-likeness (QED) is 0.425. The molecule has 0 aromatic carbocycles. The van der Waals surface area contributed by atoms with Crippen LogP contribution in [-0.4, -0.2) is 32.7 Å². The number of allylic oxidation sites excluding steroid dienone is 1. The van der Waals surface area contributed by atoms with Crippen molar-refractivity contribution >= 4 is 28.7 Å². The Bertz CT molecular complexity index is 1020. The summed E-state index contributed by atoms with van der Waals surface area (Å²) >= 11 is 1.34. The standard InChI is InChI=1S/C22H28N4O2S/c1-14-12-15(2)24-20-19(14)21(28)25-22(26(20)17-8-9-17)29-13-18(27)23-11-10-16-6-4-3-5-7-16/h6,12,17H,3-5,7-11,13H2,1-2H3,(H,23,27). The fourth-order valence-electron chi connectivity index (χ4n) is 3.98. The molecule has 2 aromatic heterocycles. The van der Waals surface area contributed by atoms with Crippen molar-refractivity contribution in [1.82, 2.24) is 19.9 Å². The highest BCUT2D eigenvalue weighted by Gasteiger charge is 2.29. The van der Waals surface area contributed by atoms with E-state index >= 15 is 0 Å². The third-order valence-electron chi connectivity index (χ3n) is 5.57. The number of hydrogen-bond acceptors (Lipinski definition) is 5. The Kier molecular flexibility index (Phi) is 6.04. The molecule has 0 saturated heterocycles. The van der Waals surface area contributed by atoms with Gasteiger partial charge in [0.25, 0.3) is 5.56 Å². The molecule has 1 saturated carbocycles. The van der Waals surface area contributed by atoms with Crippen molar-refractivity contribution in [1.29, 1.82) is 0 Å². The SMILES string of the molecule is Cc1cc(C)c2c(=O)nc(SCC(=O)NCCC3=CCCCC3)n(C3CC3)c2n1. The number of carbonyl (C=O) groups is 1. The molecule has 0 unspecified atom stereocenters. The number of aryl methyl sites for hydroxylation is 2. The predicted octanol–water partition coefficient (Wildman–Crippen LogP) is 3.84. The van der Waals surface area contributed by atoms with E-state index in [-0.39, 0.29) is 17.2 Å². The molecule has 0 atom stereocenters. The second kappa shape index (κ2) is 8.69. The Morgan fingerprint density at radius 2 is 2.10 bits per heavy atom. The molecule has 2 aliphatic carbocycles. The number of rotatable bonds is 7. The molecular formula is C22H28N4O2S. The molecule has 1 N–H and O–H groups in total. The Balaban J connectivity index is 1.46. The van der Waals surface area contributed by atoms with Crippen molar-refractivity contribution < 1.29 is 4.79 Å². The van der Waals surface area contributed by atoms with Gasteiger partial charge in [-0.15, -0.1) is 0 Å². The Hall–Kier alpha value is -2.15. The first-order valence-electron chi connectivity index (χ1n) is 10.5. The first-order valence-corrected chi connectivity index (χ1v) is 11.5. The number of hydrogen-bond donors (Lipinski definition) is 1. The zero-order chi connectivity index (χ0) is 20.4. The van der Waals surface area contributed by atoms with Crippen molar-refractivity contribution in [2.24, 2.45) is 0 Å². The highest BCUT2D eigenvalue weighted by Crippen LogP contribution is 2.39. The van der Waals surface area contributed by atoms with Crippen molar-refractivity contribution in [2.75, 3.05) is 12.3 Å². The molecule has 2 heterocycles. The lowest BCUT2D eigenvalue weighted by molar-refractivity contribution is -0.118. The van der Waals surface area contributed by atoms with Gasteiger partial charge < -0.3 is 9.88 Å². The normalized spacial score (nSPS) is 16.7. The molecular weight excluding hydrogens is 384 g/mol. The summed E-state index contributed by atoms with van der Waals surface area (Å²) in [5, 5.41) is 4.20. The van der Waals surface area contributed by atoms with Gasteiger partial charge in [-0.2, -0.15) is 4.98 Å². The van der Waals surface area contributed by atoms with E-state index in [0.717, 1.165) is 36.9 Å². The predicted molar refractivity (Wildman–Crippen MR) is 116 cm³/mol. The fraction of sp³-hybridized carbons (Fsp3) is 0.545. The van der Waals surface area contributed by atoms with Gasteiger partial charge in [0.2, 0.25) is 5.91 Å². The van der Waals surface area contributed by atoms with Crippen molar-refractivity contribution in [2.45, 2.75) is 70.0 Å². The minimum absolute atomic E-state index is 0.0171. The van der Waals surface area contributed by atoms with E-state index in [2.05, 4.69) is 25.9 Å². The van der Waals surface area contributed by atoms with E-state index in [9.17, 15) is 9.59 Å². The third-order valence-corrected chi connectivity index (χ3v) is 6.52. The van der Waals surface area contributed by atoms with E-state index in [1.165, 1.54) is 36.6 Å². The summed E-state index contributed by atoms with van der Waals surface area (Å²) in [5.74, 6) is 0.241. The molecule has 2 aliphatic rings.